The van der Waals surface area contributed by atoms with Crippen LogP contribution in [0.15, 0.2) is 12.1 Å². The quantitative estimate of drug-likeness (QED) is 0.686. The van der Waals surface area contributed by atoms with Gasteiger partial charge >= 0.3 is 13.1 Å². The lowest BCUT2D eigenvalue weighted by Gasteiger charge is -2.28. The molecule has 1 aromatic rings. The van der Waals surface area contributed by atoms with Crippen LogP contribution in [-0.4, -0.2) is 40.0 Å². The summed E-state index contributed by atoms with van der Waals surface area (Å²) in [4.78, 5) is 22.1. The minimum Gasteiger partial charge on any atom is -0.535 e. The number of carbonyl (C=O) groups excluding carboxylic acids is 1. The van der Waals surface area contributed by atoms with Crippen molar-refractivity contribution in [1.29, 1.82) is 0 Å². The molecule has 1 aliphatic heterocycles. The number of aromatic carboxylic acids is 1. The molecule has 1 heterocycles. The topological polar surface area (TPSA) is 110 Å². The molecule has 106 valence electrons. The Bertz CT molecular complexity index is 565. The standard InChI is InChI=1S/C12H14BNO5S/c1-6-2-3-7-4-8(20-5-9(14)15)13(18)19-11(7)10(6)12(16)17/h2-3,8,18H,4-5H2,1H3,(H2,14,15)(H,16,17)/t8-/m0/s1. The first kappa shape index (κ1) is 14.7. The Labute approximate surface area is 120 Å². The van der Waals surface area contributed by atoms with E-state index in [1.165, 1.54) is 11.8 Å². The minimum atomic E-state index is -1.16. The minimum absolute atomic E-state index is 0.0694. The van der Waals surface area contributed by atoms with Gasteiger partial charge in [0.2, 0.25) is 5.91 Å². The molecule has 1 aliphatic rings. The third-order valence-electron chi connectivity index (χ3n) is 3.08. The number of primary amides is 1. The highest BCUT2D eigenvalue weighted by atomic mass is 32.2. The van der Waals surface area contributed by atoms with Gasteiger partial charge in [0.25, 0.3) is 0 Å². The van der Waals surface area contributed by atoms with Crippen molar-refractivity contribution >= 4 is 30.8 Å². The van der Waals surface area contributed by atoms with E-state index in [2.05, 4.69) is 0 Å². The second-order valence-electron chi connectivity index (χ2n) is 4.58. The van der Waals surface area contributed by atoms with Crippen LogP contribution in [0.4, 0.5) is 0 Å². The summed E-state index contributed by atoms with van der Waals surface area (Å²) < 4.78 is 5.35. The first-order valence-corrected chi connectivity index (χ1v) is 7.05. The Morgan fingerprint density at radius 3 is 2.85 bits per heavy atom. The molecule has 20 heavy (non-hydrogen) atoms. The highest BCUT2D eigenvalue weighted by Crippen LogP contribution is 2.35. The van der Waals surface area contributed by atoms with E-state index in [1.807, 2.05) is 0 Å². The SMILES string of the molecule is Cc1ccc2c(c1C(=O)O)OB(O)[C@@H](SCC(N)=O)C2. The monoisotopic (exact) mass is 295 g/mol. The van der Waals surface area contributed by atoms with E-state index in [0.29, 0.717) is 17.5 Å². The third kappa shape index (κ3) is 2.91. The number of benzene rings is 1. The Kier molecular flexibility index (Phi) is 4.25. The molecule has 2 rings (SSSR count). The maximum atomic E-state index is 11.3. The van der Waals surface area contributed by atoms with E-state index >= 15 is 0 Å². The second kappa shape index (κ2) is 5.76. The van der Waals surface area contributed by atoms with Gasteiger partial charge in [0.05, 0.1) is 10.9 Å². The van der Waals surface area contributed by atoms with Gasteiger partial charge in [0.1, 0.15) is 11.3 Å². The molecule has 1 atom stereocenters. The smallest absolute Gasteiger partial charge is 0.535 e. The number of hydrogen-bond acceptors (Lipinski definition) is 5. The fourth-order valence-corrected chi connectivity index (χ4v) is 3.03. The van der Waals surface area contributed by atoms with Gasteiger partial charge in [-0.15, -0.1) is 11.8 Å². The number of fused-ring (bicyclic) bond motifs is 1. The average Bonchev–Trinajstić information content (AvgIpc) is 2.35. The number of aryl methyl sites for hydroxylation is 1. The Morgan fingerprint density at radius 2 is 2.25 bits per heavy atom. The molecule has 0 aliphatic carbocycles. The van der Waals surface area contributed by atoms with Gasteiger partial charge in [-0.3, -0.25) is 4.79 Å². The van der Waals surface area contributed by atoms with Crippen molar-refractivity contribution in [3.05, 3.63) is 28.8 Å². The molecular formula is C12H14BNO5S. The summed E-state index contributed by atoms with van der Waals surface area (Å²) in [6, 6.07) is 3.49. The lowest BCUT2D eigenvalue weighted by molar-refractivity contribution is -0.115. The van der Waals surface area contributed by atoms with Gasteiger partial charge in [-0.05, 0) is 24.5 Å². The predicted molar refractivity (Wildman–Crippen MR) is 75.9 cm³/mol. The zero-order valence-electron chi connectivity index (χ0n) is 10.8. The number of amides is 1. The maximum Gasteiger partial charge on any atom is 0.536 e. The summed E-state index contributed by atoms with van der Waals surface area (Å²) >= 11 is 1.20. The first-order chi connectivity index (χ1) is 9.40. The number of carboxylic acid groups (broad SMARTS) is 1. The summed E-state index contributed by atoms with van der Waals surface area (Å²) in [5, 5.41) is 18.8. The second-order valence-corrected chi connectivity index (χ2v) is 5.81. The largest absolute Gasteiger partial charge is 0.536 e. The van der Waals surface area contributed by atoms with Crippen LogP contribution in [0.3, 0.4) is 0 Å². The zero-order chi connectivity index (χ0) is 14.9. The fourth-order valence-electron chi connectivity index (χ4n) is 2.13. The molecule has 0 bridgehead atoms. The van der Waals surface area contributed by atoms with E-state index in [1.54, 1.807) is 19.1 Å². The molecule has 1 aromatic carbocycles. The highest BCUT2D eigenvalue weighted by Gasteiger charge is 2.37. The summed E-state index contributed by atoms with van der Waals surface area (Å²) in [5.74, 6) is -1.27. The Morgan fingerprint density at radius 1 is 1.55 bits per heavy atom. The number of thioether (sulfide) groups is 1. The van der Waals surface area contributed by atoms with Crippen LogP contribution in [0.2, 0.25) is 0 Å². The van der Waals surface area contributed by atoms with Crippen LogP contribution < -0.4 is 10.4 Å². The summed E-state index contributed by atoms with van der Waals surface area (Å²) in [6.45, 7) is 1.67. The summed E-state index contributed by atoms with van der Waals surface area (Å²) in [5.41, 5.74) is 6.43. The van der Waals surface area contributed by atoms with Crippen LogP contribution in [0, 0.1) is 6.92 Å². The molecule has 0 radical (unpaired) electrons. The van der Waals surface area contributed by atoms with Crippen molar-refractivity contribution < 1.29 is 24.4 Å². The van der Waals surface area contributed by atoms with Crippen LogP contribution in [0.5, 0.6) is 5.75 Å². The molecule has 0 unspecified atom stereocenters. The van der Waals surface area contributed by atoms with E-state index in [9.17, 15) is 19.7 Å². The molecule has 0 saturated heterocycles. The molecule has 8 heteroatoms. The summed E-state index contributed by atoms with van der Waals surface area (Å²) in [6.07, 6.45) is 0.426. The first-order valence-electron chi connectivity index (χ1n) is 6.00. The van der Waals surface area contributed by atoms with Crippen molar-refractivity contribution in [2.24, 2.45) is 5.73 Å². The lowest BCUT2D eigenvalue weighted by Crippen LogP contribution is -2.41. The molecule has 6 nitrogen and oxygen atoms in total. The summed E-state index contributed by atoms with van der Waals surface area (Å²) in [7, 11) is -1.16. The van der Waals surface area contributed by atoms with E-state index in [0.717, 1.165) is 0 Å². The average molecular weight is 295 g/mol. The van der Waals surface area contributed by atoms with Crippen LogP contribution in [-0.2, 0) is 11.2 Å². The van der Waals surface area contributed by atoms with Gasteiger partial charge in [0.15, 0.2) is 0 Å². The molecule has 1 amide bonds. The van der Waals surface area contributed by atoms with Crippen LogP contribution >= 0.6 is 11.8 Å². The molecule has 0 saturated carbocycles. The van der Waals surface area contributed by atoms with Crippen molar-refractivity contribution in [1.82, 2.24) is 0 Å². The number of hydrogen-bond donors (Lipinski definition) is 3. The van der Waals surface area contributed by atoms with E-state index in [4.69, 9.17) is 10.4 Å². The molecular weight excluding hydrogens is 281 g/mol. The van der Waals surface area contributed by atoms with Gasteiger partial charge in [-0.1, -0.05) is 12.1 Å². The van der Waals surface area contributed by atoms with E-state index < -0.39 is 19.0 Å². The molecule has 0 fully saturated rings. The fraction of sp³-hybridized carbons (Fsp3) is 0.333. The molecule has 4 N–H and O–H groups in total. The Balaban J connectivity index is 2.29. The van der Waals surface area contributed by atoms with Gasteiger partial charge in [-0.2, -0.15) is 0 Å². The number of rotatable bonds is 4. The van der Waals surface area contributed by atoms with Crippen molar-refractivity contribution in [2.75, 3.05) is 5.75 Å². The number of nitrogens with two attached hydrogens (primary N) is 1. The van der Waals surface area contributed by atoms with Crippen LogP contribution in [0.25, 0.3) is 0 Å². The number of carbonyl (C=O) groups is 2. The predicted octanol–water partition coefficient (Wildman–Crippen LogP) is 0.235. The lowest BCUT2D eigenvalue weighted by atomic mass is 9.77. The van der Waals surface area contributed by atoms with Crippen molar-refractivity contribution in [2.45, 2.75) is 18.5 Å². The van der Waals surface area contributed by atoms with Gasteiger partial charge in [0, 0.05) is 0 Å². The van der Waals surface area contributed by atoms with Gasteiger partial charge in [-0.25, -0.2) is 4.79 Å². The van der Waals surface area contributed by atoms with Crippen LogP contribution in [0.1, 0.15) is 21.5 Å². The van der Waals surface area contributed by atoms with Gasteiger partial charge < -0.3 is 20.5 Å². The Hall–Kier alpha value is -1.67. The van der Waals surface area contributed by atoms with Crippen molar-refractivity contribution in [3.63, 3.8) is 0 Å². The maximum absolute atomic E-state index is 11.3. The highest BCUT2D eigenvalue weighted by molar-refractivity contribution is 8.01. The molecule has 0 aromatic heterocycles. The normalized spacial score (nSPS) is 17.3. The van der Waals surface area contributed by atoms with E-state index in [-0.39, 0.29) is 22.2 Å². The van der Waals surface area contributed by atoms with Crippen molar-refractivity contribution in [3.8, 4) is 5.75 Å². The molecule has 0 spiro atoms. The zero-order valence-corrected chi connectivity index (χ0v) is 11.6. The third-order valence-corrected chi connectivity index (χ3v) is 4.36. The number of carboxylic acids is 1.